The summed E-state index contributed by atoms with van der Waals surface area (Å²) >= 11 is 3.23. The fourth-order valence-corrected chi connectivity index (χ4v) is 4.98. The lowest BCUT2D eigenvalue weighted by Gasteiger charge is -2.14. The van der Waals surface area contributed by atoms with Crippen molar-refractivity contribution in [3.63, 3.8) is 0 Å². The number of halogens is 1. The van der Waals surface area contributed by atoms with Crippen LogP contribution in [0.25, 0.3) is 6.08 Å². The molecule has 0 saturated carbocycles. The van der Waals surface area contributed by atoms with Gasteiger partial charge in [0.05, 0.1) is 16.5 Å². The topological polar surface area (TPSA) is 178 Å². The van der Waals surface area contributed by atoms with E-state index >= 15 is 0 Å². The van der Waals surface area contributed by atoms with Crippen LogP contribution in [0.15, 0.2) is 69.5 Å². The highest BCUT2D eigenvalue weighted by molar-refractivity contribution is 9.10. The summed E-state index contributed by atoms with van der Waals surface area (Å²) in [6.45, 7) is 2.98. The largest absolute Gasteiger partial charge is 0.493 e. The van der Waals surface area contributed by atoms with E-state index in [9.17, 15) is 33.4 Å². The molecule has 206 valence electrons. The molecule has 0 heterocycles. The van der Waals surface area contributed by atoms with E-state index in [0.29, 0.717) is 11.3 Å². The van der Waals surface area contributed by atoms with Crippen LogP contribution >= 0.6 is 15.9 Å². The first-order valence-corrected chi connectivity index (χ1v) is 13.4. The second-order valence-corrected chi connectivity index (χ2v) is 10.6. The van der Waals surface area contributed by atoms with Gasteiger partial charge in [0.1, 0.15) is 22.2 Å². The smallest absolute Gasteiger partial charge is 0.339 e. The maximum absolute atomic E-state index is 12.9. The zero-order valence-corrected chi connectivity index (χ0v) is 23.6. The molecule has 2 amide bonds. The predicted molar refractivity (Wildman–Crippen MR) is 149 cm³/mol. The first kappa shape index (κ1) is 29.8. The Morgan fingerprint density at radius 1 is 1.10 bits per heavy atom. The first-order valence-electron chi connectivity index (χ1n) is 11.2. The fourth-order valence-electron chi connectivity index (χ4n) is 3.37. The van der Waals surface area contributed by atoms with Crippen molar-refractivity contribution in [3.05, 3.63) is 85.9 Å². The van der Waals surface area contributed by atoms with E-state index in [0.717, 1.165) is 0 Å². The number of nitriles is 1. The summed E-state index contributed by atoms with van der Waals surface area (Å²) in [4.78, 5) is 34.5. The summed E-state index contributed by atoms with van der Waals surface area (Å²) in [5, 5.41) is 25.8. The summed E-state index contributed by atoms with van der Waals surface area (Å²) in [6, 6.07) is 14.0. The molecule has 40 heavy (non-hydrogen) atoms. The maximum Gasteiger partial charge on any atom is 0.339 e. The van der Waals surface area contributed by atoms with Crippen molar-refractivity contribution in [1.29, 1.82) is 5.26 Å². The molecule has 0 saturated heterocycles. The Labute approximate surface area is 237 Å². The van der Waals surface area contributed by atoms with Gasteiger partial charge in [-0.2, -0.15) is 13.7 Å². The van der Waals surface area contributed by atoms with Crippen LogP contribution in [0.2, 0.25) is 0 Å². The minimum absolute atomic E-state index is 0.0362. The molecule has 3 aromatic rings. The molecule has 0 atom stereocenters. The van der Waals surface area contributed by atoms with Crippen molar-refractivity contribution in [3.8, 4) is 17.6 Å². The van der Waals surface area contributed by atoms with Gasteiger partial charge in [-0.05, 0) is 82.5 Å². The standard InChI is InChI=1S/C26H21BrN4O8S/c1-15-4-9-22(23(10-15)31(34)35)30-26(33)18(14-28)11-17-12-21(27)25(24(13-17)38-3)39-40(36,37)20-7-5-19(6-8-20)29-16(2)32/h4-13H,1-3H3,(H,29,32)(H,30,33)/b18-11+. The Hall–Kier alpha value is -4.74. The van der Waals surface area contributed by atoms with Crippen LogP contribution in [0.1, 0.15) is 18.1 Å². The molecule has 12 nitrogen and oxygen atoms in total. The third-order valence-corrected chi connectivity index (χ3v) is 7.01. The number of nitro groups is 1. The normalized spacial score (nSPS) is 11.2. The van der Waals surface area contributed by atoms with Gasteiger partial charge in [0.2, 0.25) is 5.91 Å². The number of carbonyl (C=O) groups excluding carboxylic acids is 2. The number of carbonyl (C=O) groups is 2. The number of nitrogens with zero attached hydrogens (tertiary/aromatic N) is 2. The number of hydrogen-bond donors (Lipinski definition) is 2. The lowest BCUT2D eigenvalue weighted by molar-refractivity contribution is -0.384. The van der Waals surface area contributed by atoms with Crippen LogP contribution in [-0.2, 0) is 19.7 Å². The summed E-state index contributed by atoms with van der Waals surface area (Å²) in [7, 11) is -3.06. The van der Waals surface area contributed by atoms with Gasteiger partial charge in [-0.25, -0.2) is 0 Å². The van der Waals surface area contributed by atoms with Crippen molar-refractivity contribution < 1.29 is 31.9 Å². The Morgan fingerprint density at radius 3 is 2.35 bits per heavy atom. The second-order valence-electron chi connectivity index (χ2n) is 8.18. The average Bonchev–Trinajstić information content (AvgIpc) is 2.89. The molecule has 0 aliphatic heterocycles. The highest BCUT2D eigenvalue weighted by Crippen LogP contribution is 2.39. The van der Waals surface area contributed by atoms with Gasteiger partial charge in [-0.1, -0.05) is 6.07 Å². The minimum Gasteiger partial charge on any atom is -0.493 e. The van der Waals surface area contributed by atoms with Gasteiger partial charge in [0.25, 0.3) is 11.6 Å². The third-order valence-electron chi connectivity index (χ3n) is 5.18. The molecule has 0 aliphatic rings. The molecule has 0 aliphatic carbocycles. The van der Waals surface area contributed by atoms with Crippen LogP contribution in [0.4, 0.5) is 17.1 Å². The van der Waals surface area contributed by atoms with E-state index in [2.05, 4.69) is 26.6 Å². The van der Waals surface area contributed by atoms with Gasteiger partial charge in [-0.3, -0.25) is 19.7 Å². The molecule has 3 rings (SSSR count). The molecule has 2 N–H and O–H groups in total. The van der Waals surface area contributed by atoms with Crippen molar-refractivity contribution >= 4 is 61.0 Å². The van der Waals surface area contributed by atoms with Crippen LogP contribution in [-0.4, -0.2) is 32.3 Å². The van der Waals surface area contributed by atoms with Crippen molar-refractivity contribution in [1.82, 2.24) is 0 Å². The van der Waals surface area contributed by atoms with E-state index in [1.807, 2.05) is 0 Å². The molecule has 0 fully saturated rings. The molecule has 3 aromatic carbocycles. The Kier molecular flexibility index (Phi) is 9.25. The number of methoxy groups -OCH3 is 1. The molecule has 0 spiro atoms. The van der Waals surface area contributed by atoms with Gasteiger partial charge in [0.15, 0.2) is 11.5 Å². The van der Waals surface area contributed by atoms with Crippen molar-refractivity contribution in [2.24, 2.45) is 0 Å². The van der Waals surface area contributed by atoms with Crippen LogP contribution in [0.3, 0.4) is 0 Å². The zero-order valence-electron chi connectivity index (χ0n) is 21.2. The molecule has 0 bridgehead atoms. The van der Waals surface area contributed by atoms with Gasteiger partial charge in [-0.15, -0.1) is 0 Å². The number of aryl methyl sites for hydroxylation is 1. The van der Waals surface area contributed by atoms with E-state index in [-0.39, 0.29) is 49.3 Å². The number of anilines is 2. The summed E-state index contributed by atoms with van der Waals surface area (Å²) in [5.41, 5.74) is 0.476. The quantitative estimate of drug-likeness (QED) is 0.109. The zero-order chi connectivity index (χ0) is 29.6. The van der Waals surface area contributed by atoms with Crippen LogP contribution in [0, 0.1) is 28.4 Å². The number of hydrogen-bond acceptors (Lipinski definition) is 9. The Morgan fingerprint density at radius 2 is 1.77 bits per heavy atom. The monoisotopic (exact) mass is 628 g/mol. The number of benzene rings is 3. The van der Waals surface area contributed by atoms with Crippen molar-refractivity contribution in [2.75, 3.05) is 17.7 Å². The highest BCUT2D eigenvalue weighted by atomic mass is 79.9. The molecule has 14 heteroatoms. The highest BCUT2D eigenvalue weighted by Gasteiger charge is 2.23. The number of amides is 2. The molecular formula is C26H21BrN4O8S. The second kappa shape index (κ2) is 12.4. The Bertz CT molecular complexity index is 1680. The SMILES string of the molecule is COc1cc(/C=C(\C#N)C(=O)Nc2ccc(C)cc2[N+](=O)[O-])cc(Br)c1OS(=O)(=O)c1ccc(NC(C)=O)cc1. The van der Waals surface area contributed by atoms with Crippen molar-refractivity contribution in [2.45, 2.75) is 18.7 Å². The van der Waals surface area contributed by atoms with Crippen LogP contribution in [0.5, 0.6) is 11.5 Å². The number of rotatable bonds is 9. The predicted octanol–water partition coefficient (Wildman–Crippen LogP) is 4.95. The van der Waals surface area contributed by atoms with E-state index in [4.69, 9.17) is 8.92 Å². The van der Waals surface area contributed by atoms with Gasteiger partial charge in [0, 0.05) is 18.7 Å². The van der Waals surface area contributed by atoms with Crippen LogP contribution < -0.4 is 19.6 Å². The van der Waals surface area contributed by atoms with E-state index < -0.39 is 20.9 Å². The van der Waals surface area contributed by atoms with E-state index in [1.165, 1.54) is 68.6 Å². The third kappa shape index (κ3) is 7.22. The number of nitrogens with one attached hydrogen (secondary N) is 2. The minimum atomic E-state index is -4.33. The van der Waals surface area contributed by atoms with E-state index in [1.54, 1.807) is 19.1 Å². The Balaban J connectivity index is 1.90. The lowest BCUT2D eigenvalue weighted by Crippen LogP contribution is -2.14. The van der Waals surface area contributed by atoms with Gasteiger partial charge < -0.3 is 19.6 Å². The average molecular weight is 629 g/mol. The maximum atomic E-state index is 12.9. The number of nitro benzene ring substituents is 1. The molecular weight excluding hydrogens is 608 g/mol. The molecule has 0 aromatic heterocycles. The summed E-state index contributed by atoms with van der Waals surface area (Å²) < 4.78 is 36.5. The molecule has 0 unspecified atom stereocenters. The first-order chi connectivity index (χ1) is 18.8. The summed E-state index contributed by atoms with van der Waals surface area (Å²) in [6.07, 6.45) is 1.20. The number of ether oxygens (including phenoxy) is 1. The lowest BCUT2D eigenvalue weighted by atomic mass is 10.1. The summed E-state index contributed by atoms with van der Waals surface area (Å²) in [5.74, 6) is -1.44. The van der Waals surface area contributed by atoms with Gasteiger partial charge >= 0.3 is 10.1 Å². The molecule has 0 radical (unpaired) electrons. The fraction of sp³-hybridized carbons (Fsp3) is 0.115.